The number of nitrogens with zero attached hydrogens (tertiary/aromatic N) is 1. The minimum atomic E-state index is 0.0230. The molecule has 1 rings (SSSR count). The van der Waals surface area contributed by atoms with Crippen molar-refractivity contribution >= 4 is 6.08 Å². The Morgan fingerprint density at radius 3 is 3.00 bits per heavy atom. The first-order valence-electron chi connectivity index (χ1n) is 3.05. The molecule has 0 aromatic carbocycles. The summed E-state index contributed by atoms with van der Waals surface area (Å²) in [5.41, 5.74) is 1.57. The molecule has 0 unspecified atom stereocenters. The fourth-order valence-electron chi connectivity index (χ4n) is 0.768. The van der Waals surface area contributed by atoms with E-state index >= 15 is 0 Å². The van der Waals surface area contributed by atoms with Gasteiger partial charge in [-0.3, -0.25) is 4.98 Å². The molecule has 0 aliphatic rings. The zero-order valence-corrected chi connectivity index (χ0v) is 5.62. The second kappa shape index (κ2) is 3.13. The number of hydrogen-bond donors (Lipinski definition) is 1. The van der Waals surface area contributed by atoms with Crippen LogP contribution in [0.2, 0.25) is 0 Å². The number of hydrogen-bond acceptors (Lipinski definition) is 2. The normalized spacial score (nSPS) is 9.30. The molecular weight excluding hydrogens is 126 g/mol. The summed E-state index contributed by atoms with van der Waals surface area (Å²) >= 11 is 0. The Bertz CT molecular complexity index is 232. The van der Waals surface area contributed by atoms with E-state index in [1.54, 1.807) is 18.3 Å². The number of aromatic nitrogens is 1. The van der Waals surface area contributed by atoms with E-state index in [9.17, 15) is 0 Å². The summed E-state index contributed by atoms with van der Waals surface area (Å²) in [6, 6.07) is 3.61. The third-order valence-corrected chi connectivity index (χ3v) is 1.29. The highest BCUT2D eigenvalue weighted by atomic mass is 16.3. The summed E-state index contributed by atoms with van der Waals surface area (Å²) in [5, 5.41) is 8.76. The number of rotatable bonds is 2. The zero-order valence-electron chi connectivity index (χ0n) is 5.62. The minimum Gasteiger partial charge on any atom is -0.392 e. The molecular formula is C8H9NO. The van der Waals surface area contributed by atoms with Crippen LogP contribution >= 0.6 is 0 Å². The highest BCUT2D eigenvalue weighted by molar-refractivity contribution is 5.46. The summed E-state index contributed by atoms with van der Waals surface area (Å²) in [6.07, 6.45) is 3.31. The van der Waals surface area contributed by atoms with Crippen molar-refractivity contribution in [3.8, 4) is 0 Å². The summed E-state index contributed by atoms with van der Waals surface area (Å²) < 4.78 is 0. The van der Waals surface area contributed by atoms with Gasteiger partial charge in [0.25, 0.3) is 0 Å². The lowest BCUT2D eigenvalue weighted by Crippen LogP contribution is -1.89. The van der Waals surface area contributed by atoms with Gasteiger partial charge in [-0.2, -0.15) is 0 Å². The van der Waals surface area contributed by atoms with E-state index in [2.05, 4.69) is 11.6 Å². The lowest BCUT2D eigenvalue weighted by Gasteiger charge is -1.97. The second-order valence-electron chi connectivity index (χ2n) is 1.91. The van der Waals surface area contributed by atoms with Crippen molar-refractivity contribution in [1.29, 1.82) is 0 Å². The molecule has 10 heavy (non-hydrogen) atoms. The Kier molecular flexibility index (Phi) is 2.18. The van der Waals surface area contributed by atoms with Crippen molar-refractivity contribution in [3.63, 3.8) is 0 Å². The molecule has 0 aliphatic carbocycles. The van der Waals surface area contributed by atoms with Crippen molar-refractivity contribution in [2.45, 2.75) is 6.61 Å². The standard InChI is InChI=1S/C8H9NO/c1-2-8-7(6-10)4-3-5-9-8/h2-5,10H,1,6H2. The molecule has 0 saturated carbocycles. The molecule has 0 amide bonds. The number of aliphatic hydroxyl groups excluding tert-OH is 1. The minimum absolute atomic E-state index is 0.0230. The lowest BCUT2D eigenvalue weighted by atomic mass is 10.2. The average molecular weight is 135 g/mol. The van der Waals surface area contributed by atoms with Crippen molar-refractivity contribution in [3.05, 3.63) is 36.2 Å². The fourth-order valence-corrected chi connectivity index (χ4v) is 0.768. The molecule has 0 saturated heterocycles. The Labute approximate surface area is 59.9 Å². The average Bonchev–Trinajstić information content (AvgIpc) is 2.04. The van der Waals surface area contributed by atoms with Gasteiger partial charge >= 0.3 is 0 Å². The maximum absolute atomic E-state index is 8.76. The molecule has 1 aromatic rings. The SMILES string of the molecule is C=Cc1ncccc1CO. The molecule has 0 atom stereocenters. The largest absolute Gasteiger partial charge is 0.392 e. The van der Waals surface area contributed by atoms with E-state index in [0.717, 1.165) is 11.3 Å². The first kappa shape index (κ1) is 6.96. The van der Waals surface area contributed by atoms with Gasteiger partial charge in [0.15, 0.2) is 0 Å². The Hall–Kier alpha value is -1.15. The van der Waals surface area contributed by atoms with E-state index in [-0.39, 0.29) is 6.61 Å². The van der Waals surface area contributed by atoms with Gasteiger partial charge in [-0.15, -0.1) is 0 Å². The maximum atomic E-state index is 8.76. The molecule has 2 nitrogen and oxygen atoms in total. The van der Waals surface area contributed by atoms with Gasteiger partial charge in [-0.05, 0) is 12.1 Å². The quantitative estimate of drug-likeness (QED) is 0.661. The van der Waals surface area contributed by atoms with Crippen LogP contribution < -0.4 is 0 Å². The van der Waals surface area contributed by atoms with Gasteiger partial charge in [0.05, 0.1) is 12.3 Å². The van der Waals surface area contributed by atoms with Crippen LogP contribution in [0, 0.1) is 0 Å². The predicted octanol–water partition coefficient (Wildman–Crippen LogP) is 1.22. The van der Waals surface area contributed by atoms with Gasteiger partial charge in [0.1, 0.15) is 0 Å². The van der Waals surface area contributed by atoms with Crippen molar-refractivity contribution < 1.29 is 5.11 Å². The first-order valence-corrected chi connectivity index (χ1v) is 3.05. The molecule has 1 N–H and O–H groups in total. The van der Waals surface area contributed by atoms with Crippen molar-refractivity contribution in [2.75, 3.05) is 0 Å². The molecule has 0 aliphatic heterocycles. The van der Waals surface area contributed by atoms with Gasteiger partial charge in [0, 0.05) is 11.8 Å². The molecule has 52 valence electrons. The first-order chi connectivity index (χ1) is 4.88. The topological polar surface area (TPSA) is 33.1 Å². The molecule has 1 heterocycles. The van der Waals surface area contributed by atoms with E-state index < -0.39 is 0 Å². The molecule has 0 fully saturated rings. The third-order valence-electron chi connectivity index (χ3n) is 1.29. The third kappa shape index (κ3) is 1.22. The van der Waals surface area contributed by atoms with Gasteiger partial charge < -0.3 is 5.11 Å². The van der Waals surface area contributed by atoms with Crippen molar-refractivity contribution in [1.82, 2.24) is 4.98 Å². The van der Waals surface area contributed by atoms with Crippen LogP contribution in [-0.4, -0.2) is 10.1 Å². The maximum Gasteiger partial charge on any atom is 0.0702 e. The molecule has 2 heteroatoms. The van der Waals surface area contributed by atoms with E-state index in [4.69, 9.17) is 5.11 Å². The lowest BCUT2D eigenvalue weighted by molar-refractivity contribution is 0.281. The molecule has 0 bridgehead atoms. The summed E-state index contributed by atoms with van der Waals surface area (Å²) in [5.74, 6) is 0. The zero-order chi connectivity index (χ0) is 7.40. The highest BCUT2D eigenvalue weighted by Crippen LogP contribution is 2.04. The van der Waals surface area contributed by atoms with Gasteiger partial charge in [-0.25, -0.2) is 0 Å². The van der Waals surface area contributed by atoms with E-state index in [0.29, 0.717) is 0 Å². The smallest absolute Gasteiger partial charge is 0.0702 e. The Morgan fingerprint density at radius 1 is 1.70 bits per heavy atom. The van der Waals surface area contributed by atoms with Gasteiger partial charge in [-0.1, -0.05) is 12.6 Å². The predicted molar refractivity (Wildman–Crippen MR) is 40.3 cm³/mol. The van der Waals surface area contributed by atoms with Crippen LogP contribution in [-0.2, 0) is 6.61 Å². The summed E-state index contributed by atoms with van der Waals surface area (Å²) in [4.78, 5) is 3.99. The Balaban J connectivity index is 3.08. The number of pyridine rings is 1. The van der Waals surface area contributed by atoms with Crippen LogP contribution in [0.3, 0.4) is 0 Å². The monoisotopic (exact) mass is 135 g/mol. The summed E-state index contributed by atoms with van der Waals surface area (Å²) in [6.45, 7) is 3.59. The van der Waals surface area contributed by atoms with Crippen LogP contribution in [0.4, 0.5) is 0 Å². The van der Waals surface area contributed by atoms with Crippen LogP contribution in [0.1, 0.15) is 11.3 Å². The van der Waals surface area contributed by atoms with E-state index in [1.807, 2.05) is 6.07 Å². The van der Waals surface area contributed by atoms with Crippen LogP contribution in [0.15, 0.2) is 24.9 Å². The molecule has 1 aromatic heterocycles. The Morgan fingerprint density at radius 2 is 2.50 bits per heavy atom. The summed E-state index contributed by atoms with van der Waals surface area (Å²) in [7, 11) is 0. The van der Waals surface area contributed by atoms with Crippen LogP contribution in [0.5, 0.6) is 0 Å². The van der Waals surface area contributed by atoms with Gasteiger partial charge in [0.2, 0.25) is 0 Å². The molecule has 0 spiro atoms. The fraction of sp³-hybridized carbons (Fsp3) is 0.125. The number of aliphatic hydroxyl groups is 1. The molecule has 0 radical (unpaired) electrons. The second-order valence-corrected chi connectivity index (χ2v) is 1.91. The highest BCUT2D eigenvalue weighted by Gasteiger charge is 1.94. The van der Waals surface area contributed by atoms with E-state index in [1.165, 1.54) is 0 Å². The van der Waals surface area contributed by atoms with Crippen molar-refractivity contribution in [2.24, 2.45) is 0 Å². The van der Waals surface area contributed by atoms with Crippen LogP contribution in [0.25, 0.3) is 6.08 Å².